The third-order valence-corrected chi connectivity index (χ3v) is 9.05. The summed E-state index contributed by atoms with van der Waals surface area (Å²) in [6.07, 6.45) is 0. The molecule has 20 heteroatoms. The second kappa shape index (κ2) is 11.3. The number of hydrogen-bond acceptors (Lipinski definition) is 14. The van der Waals surface area contributed by atoms with Gasteiger partial charge in [-0.25, -0.2) is 0 Å². The van der Waals surface area contributed by atoms with Gasteiger partial charge in [0.1, 0.15) is 32.6 Å². The number of fused-ring (bicyclic) bond motifs is 2. The quantitative estimate of drug-likeness (QED) is 0.0652. The van der Waals surface area contributed by atoms with E-state index in [0.29, 0.717) is 0 Å². The van der Waals surface area contributed by atoms with Crippen LogP contribution in [0.4, 0.5) is 28.4 Å². The minimum absolute atomic E-state index is 0.00649. The minimum atomic E-state index is -5.16. The fraction of sp³-hybridized carbons (Fsp3) is 0. The molecule has 0 aliphatic carbocycles. The number of nitrogen functional groups attached to an aromatic ring is 1. The Morgan fingerprint density at radius 3 is 1.87 bits per heavy atom. The summed E-state index contributed by atoms with van der Waals surface area (Å²) in [5.41, 5.74) is 3.96. The van der Waals surface area contributed by atoms with Crippen molar-refractivity contribution in [2.24, 2.45) is 20.5 Å². The van der Waals surface area contributed by atoms with Crippen LogP contribution < -0.4 is 5.73 Å². The molecule has 0 heterocycles. The van der Waals surface area contributed by atoms with E-state index in [1.54, 1.807) is 6.07 Å². The Labute approximate surface area is 258 Å². The lowest BCUT2D eigenvalue weighted by Gasteiger charge is -2.12. The number of benzene rings is 5. The van der Waals surface area contributed by atoms with E-state index in [1.165, 1.54) is 24.3 Å². The van der Waals surface area contributed by atoms with E-state index >= 15 is 0 Å². The summed E-state index contributed by atoms with van der Waals surface area (Å²) in [5.74, 6) is -1.79. The Hall–Kier alpha value is -5.25. The van der Waals surface area contributed by atoms with E-state index in [1.807, 2.05) is 0 Å². The Morgan fingerprint density at radius 1 is 0.587 bits per heavy atom. The molecule has 0 aliphatic rings. The standard InChI is InChI=1S/C26H19N5O12S3/c27-17-10-14(44(35,36)37)7-12-8-22(46(41,42)43)24(26(34)23(12)17)31-28-13-5-6-15-16(9-13)21(45(38,39)40)11-19(25(15)33)30-29-18-3-1-2-4-20(18)32/h1-11,32-34H,27H2,(H,35,36,37)(H,38,39,40)(H,41,42,43). The lowest BCUT2D eigenvalue weighted by Crippen LogP contribution is -2.02. The molecule has 5 aromatic carbocycles. The first kappa shape index (κ1) is 32.2. The van der Waals surface area contributed by atoms with E-state index in [0.717, 1.165) is 36.4 Å². The zero-order valence-corrected chi connectivity index (χ0v) is 25.0. The van der Waals surface area contributed by atoms with Gasteiger partial charge in [-0.05, 0) is 60.0 Å². The van der Waals surface area contributed by atoms with Crippen molar-refractivity contribution in [2.45, 2.75) is 14.7 Å². The van der Waals surface area contributed by atoms with E-state index < -0.39 is 73.6 Å². The van der Waals surface area contributed by atoms with Gasteiger partial charge in [0.2, 0.25) is 0 Å². The minimum Gasteiger partial charge on any atom is -0.506 e. The van der Waals surface area contributed by atoms with E-state index in [4.69, 9.17) is 5.73 Å². The van der Waals surface area contributed by atoms with Crippen LogP contribution in [0.1, 0.15) is 0 Å². The molecule has 8 N–H and O–H groups in total. The van der Waals surface area contributed by atoms with Crippen molar-refractivity contribution < 1.29 is 54.2 Å². The van der Waals surface area contributed by atoms with E-state index in [9.17, 15) is 54.2 Å². The van der Waals surface area contributed by atoms with Crippen molar-refractivity contribution in [3.8, 4) is 17.2 Å². The number of phenolic OH excluding ortho intramolecular Hbond substituents is 3. The van der Waals surface area contributed by atoms with Crippen LogP contribution in [-0.4, -0.2) is 54.2 Å². The highest BCUT2D eigenvalue weighted by Gasteiger charge is 2.25. The molecule has 46 heavy (non-hydrogen) atoms. The molecule has 5 aromatic rings. The van der Waals surface area contributed by atoms with Crippen LogP contribution in [0.5, 0.6) is 17.2 Å². The second-order valence-corrected chi connectivity index (χ2v) is 13.7. The van der Waals surface area contributed by atoms with Crippen LogP contribution in [0.25, 0.3) is 21.5 Å². The fourth-order valence-electron chi connectivity index (χ4n) is 4.40. The third-order valence-electron chi connectivity index (χ3n) is 6.45. The number of nitrogens with zero attached hydrogens (tertiary/aromatic N) is 4. The van der Waals surface area contributed by atoms with Crippen molar-refractivity contribution in [1.82, 2.24) is 0 Å². The van der Waals surface area contributed by atoms with Crippen molar-refractivity contribution in [3.05, 3.63) is 66.7 Å². The molecule has 0 saturated heterocycles. The topological polar surface area (TPSA) is 299 Å². The highest BCUT2D eigenvalue weighted by Crippen LogP contribution is 2.45. The average molecular weight is 690 g/mol. The first-order valence-electron chi connectivity index (χ1n) is 12.3. The lowest BCUT2D eigenvalue weighted by atomic mass is 10.1. The normalized spacial score (nSPS) is 12.9. The molecular weight excluding hydrogens is 671 g/mol. The number of hydrogen-bond donors (Lipinski definition) is 7. The maximum atomic E-state index is 12.3. The number of azo groups is 2. The predicted octanol–water partition coefficient (Wildman–Crippen LogP) is 5.26. The van der Waals surface area contributed by atoms with Crippen LogP contribution in [0.3, 0.4) is 0 Å². The molecule has 0 fully saturated rings. The van der Waals surface area contributed by atoms with Gasteiger partial charge in [0.15, 0.2) is 11.5 Å². The van der Waals surface area contributed by atoms with E-state index in [-0.39, 0.29) is 38.7 Å². The monoisotopic (exact) mass is 689 g/mol. The molecular formula is C26H19N5O12S3. The molecule has 0 aromatic heterocycles. The molecule has 0 atom stereocenters. The average Bonchev–Trinajstić information content (AvgIpc) is 2.95. The summed E-state index contributed by atoms with van der Waals surface area (Å²) < 4.78 is 101. The Balaban J connectivity index is 1.67. The summed E-state index contributed by atoms with van der Waals surface area (Å²) in [5, 5.41) is 45.6. The number of aromatic hydroxyl groups is 3. The number of anilines is 1. The smallest absolute Gasteiger partial charge is 0.296 e. The fourth-order valence-corrected chi connectivity index (χ4v) is 6.32. The Morgan fingerprint density at radius 2 is 1.24 bits per heavy atom. The third kappa shape index (κ3) is 6.15. The van der Waals surface area contributed by atoms with Crippen molar-refractivity contribution >= 4 is 80.3 Å². The van der Waals surface area contributed by atoms with Gasteiger partial charge in [-0.1, -0.05) is 12.1 Å². The second-order valence-electron chi connectivity index (χ2n) is 9.47. The van der Waals surface area contributed by atoms with Gasteiger partial charge in [0.25, 0.3) is 30.4 Å². The van der Waals surface area contributed by atoms with Gasteiger partial charge in [-0.3, -0.25) is 13.7 Å². The van der Waals surface area contributed by atoms with Gasteiger partial charge in [0.05, 0.1) is 10.6 Å². The van der Waals surface area contributed by atoms with E-state index in [2.05, 4.69) is 20.5 Å². The van der Waals surface area contributed by atoms with Gasteiger partial charge in [0, 0.05) is 21.8 Å². The van der Waals surface area contributed by atoms with Crippen LogP contribution in [0.15, 0.2) is 102 Å². The highest BCUT2D eigenvalue weighted by atomic mass is 32.2. The highest BCUT2D eigenvalue weighted by molar-refractivity contribution is 7.86. The van der Waals surface area contributed by atoms with Crippen LogP contribution >= 0.6 is 0 Å². The predicted molar refractivity (Wildman–Crippen MR) is 162 cm³/mol. The number of nitrogens with two attached hydrogens (primary N) is 1. The van der Waals surface area contributed by atoms with Crippen molar-refractivity contribution in [2.75, 3.05) is 5.73 Å². The summed E-state index contributed by atoms with van der Waals surface area (Å²) in [6.45, 7) is 0. The molecule has 0 bridgehead atoms. The molecule has 0 unspecified atom stereocenters. The number of rotatable bonds is 7. The zero-order valence-electron chi connectivity index (χ0n) is 22.6. The molecule has 0 amide bonds. The van der Waals surface area contributed by atoms with Crippen molar-refractivity contribution in [3.63, 3.8) is 0 Å². The Bertz CT molecular complexity index is 2500. The molecule has 238 valence electrons. The maximum Gasteiger partial charge on any atom is 0.296 e. The molecule has 0 spiro atoms. The van der Waals surface area contributed by atoms with Gasteiger partial charge >= 0.3 is 0 Å². The number of para-hydroxylation sites is 1. The summed E-state index contributed by atoms with van der Waals surface area (Å²) in [4.78, 5) is -2.52. The summed E-state index contributed by atoms with van der Waals surface area (Å²) in [7, 11) is -14.9. The van der Waals surface area contributed by atoms with Gasteiger partial charge in [-0.15, -0.1) is 15.3 Å². The summed E-state index contributed by atoms with van der Waals surface area (Å²) >= 11 is 0. The van der Waals surface area contributed by atoms with Crippen LogP contribution in [0, 0.1) is 0 Å². The maximum absolute atomic E-state index is 12.3. The molecule has 0 radical (unpaired) electrons. The molecule has 5 rings (SSSR count). The molecule has 0 aliphatic heterocycles. The first-order valence-corrected chi connectivity index (χ1v) is 16.6. The zero-order chi connectivity index (χ0) is 33.8. The SMILES string of the molecule is Nc1cc(S(=O)(=O)O)cc2cc(S(=O)(=O)O)c(N=Nc3ccc4c(O)c(N=Nc5ccccc5O)cc(S(=O)(=O)O)c4c3)c(O)c12. The van der Waals surface area contributed by atoms with Crippen LogP contribution in [-0.2, 0) is 30.4 Å². The van der Waals surface area contributed by atoms with Gasteiger partial charge < -0.3 is 21.1 Å². The van der Waals surface area contributed by atoms with Crippen molar-refractivity contribution in [1.29, 1.82) is 0 Å². The Kier molecular flexibility index (Phi) is 7.88. The molecule has 17 nitrogen and oxygen atoms in total. The summed E-state index contributed by atoms with van der Waals surface area (Å²) in [6, 6.07) is 12.2. The van der Waals surface area contributed by atoms with Crippen LogP contribution in [0.2, 0.25) is 0 Å². The molecule has 0 saturated carbocycles. The largest absolute Gasteiger partial charge is 0.506 e. The number of phenols is 3. The first-order chi connectivity index (χ1) is 21.4. The lowest BCUT2D eigenvalue weighted by molar-refractivity contribution is 0.472. The van der Waals surface area contributed by atoms with Gasteiger partial charge in [-0.2, -0.15) is 30.4 Å².